The lowest BCUT2D eigenvalue weighted by molar-refractivity contribution is 0.644. The van der Waals surface area contributed by atoms with Crippen LogP contribution in [0.3, 0.4) is 0 Å². The summed E-state index contributed by atoms with van der Waals surface area (Å²) in [7, 11) is 0. The average molecular weight is 202 g/mol. The molecule has 1 unspecified atom stereocenters. The molecule has 0 aromatic heterocycles. The van der Waals surface area contributed by atoms with E-state index in [-0.39, 0.29) is 0 Å². The molecule has 1 aromatic carbocycles. The van der Waals surface area contributed by atoms with Crippen molar-refractivity contribution in [2.24, 2.45) is 0 Å². The van der Waals surface area contributed by atoms with Gasteiger partial charge in [-0.2, -0.15) is 0 Å². The van der Waals surface area contributed by atoms with Gasteiger partial charge in [0.25, 0.3) is 0 Å². The molecule has 0 saturated heterocycles. The maximum Gasteiger partial charge on any atom is 0.0392 e. The second kappa shape index (κ2) is 4.39. The van der Waals surface area contributed by atoms with Crippen LogP contribution in [0.25, 0.3) is 0 Å². The van der Waals surface area contributed by atoms with E-state index in [0.29, 0.717) is 6.04 Å². The highest BCUT2D eigenvalue weighted by atomic mass is 14.9. The summed E-state index contributed by atoms with van der Waals surface area (Å²) in [5.74, 6) is 0. The number of benzene rings is 1. The molecular formula is C13H18N2. The Labute approximate surface area is 91.2 Å². The largest absolute Gasteiger partial charge is 0.398 e. The van der Waals surface area contributed by atoms with Crippen LogP contribution < -0.4 is 11.1 Å². The van der Waals surface area contributed by atoms with E-state index in [2.05, 4.69) is 30.5 Å². The van der Waals surface area contributed by atoms with Crippen molar-refractivity contribution in [3.8, 4) is 0 Å². The number of rotatable bonds is 2. The molecule has 15 heavy (non-hydrogen) atoms. The summed E-state index contributed by atoms with van der Waals surface area (Å²) in [5, 5.41) is 3.56. The molecule has 2 nitrogen and oxygen atoms in total. The highest BCUT2D eigenvalue weighted by molar-refractivity contribution is 5.63. The normalized spacial score (nSPS) is 20.2. The molecule has 0 spiro atoms. The van der Waals surface area contributed by atoms with Gasteiger partial charge in [-0.1, -0.05) is 18.2 Å². The SMILES string of the molecule is Cc1c(N)cccc1NC1CC=CCC1. The van der Waals surface area contributed by atoms with Crippen LogP contribution in [-0.4, -0.2) is 6.04 Å². The lowest BCUT2D eigenvalue weighted by atomic mass is 10.0. The summed E-state index contributed by atoms with van der Waals surface area (Å²) >= 11 is 0. The molecule has 0 radical (unpaired) electrons. The van der Waals surface area contributed by atoms with E-state index in [0.717, 1.165) is 17.7 Å². The maximum absolute atomic E-state index is 5.87. The van der Waals surface area contributed by atoms with E-state index in [4.69, 9.17) is 5.73 Å². The van der Waals surface area contributed by atoms with Crippen LogP contribution in [0.5, 0.6) is 0 Å². The first kappa shape index (κ1) is 10.1. The Kier molecular flexibility index (Phi) is 2.95. The number of allylic oxidation sites excluding steroid dienone is 1. The standard InChI is InChI=1S/C13H18N2/c1-10-12(14)8-5-9-13(10)15-11-6-3-2-4-7-11/h2-3,5,8-9,11,15H,4,6-7,14H2,1H3. The Bertz CT molecular complexity index is 369. The lowest BCUT2D eigenvalue weighted by Gasteiger charge is -2.22. The van der Waals surface area contributed by atoms with E-state index in [1.165, 1.54) is 18.5 Å². The van der Waals surface area contributed by atoms with E-state index in [1.54, 1.807) is 0 Å². The lowest BCUT2D eigenvalue weighted by Crippen LogP contribution is -2.20. The molecule has 1 aliphatic carbocycles. The van der Waals surface area contributed by atoms with Crippen molar-refractivity contribution in [3.05, 3.63) is 35.9 Å². The monoisotopic (exact) mass is 202 g/mol. The fraction of sp³-hybridized carbons (Fsp3) is 0.385. The third-order valence-electron chi connectivity index (χ3n) is 3.00. The molecule has 1 atom stereocenters. The number of nitrogen functional groups attached to an aromatic ring is 1. The van der Waals surface area contributed by atoms with Gasteiger partial charge in [-0.25, -0.2) is 0 Å². The number of nitrogens with one attached hydrogen (secondary N) is 1. The highest BCUT2D eigenvalue weighted by Crippen LogP contribution is 2.23. The number of nitrogens with two attached hydrogens (primary N) is 1. The third kappa shape index (κ3) is 2.32. The van der Waals surface area contributed by atoms with Crippen molar-refractivity contribution >= 4 is 11.4 Å². The summed E-state index contributed by atoms with van der Waals surface area (Å²) in [6.45, 7) is 2.07. The van der Waals surface area contributed by atoms with E-state index >= 15 is 0 Å². The number of anilines is 2. The summed E-state index contributed by atoms with van der Waals surface area (Å²) in [6.07, 6.45) is 8.02. The minimum Gasteiger partial charge on any atom is -0.398 e. The molecule has 0 aliphatic heterocycles. The Morgan fingerprint density at radius 2 is 2.20 bits per heavy atom. The van der Waals surface area contributed by atoms with Gasteiger partial charge in [-0.05, 0) is 43.9 Å². The second-order valence-corrected chi connectivity index (χ2v) is 4.15. The van der Waals surface area contributed by atoms with Crippen LogP contribution in [0.2, 0.25) is 0 Å². The van der Waals surface area contributed by atoms with Crippen molar-refractivity contribution in [3.63, 3.8) is 0 Å². The Hall–Kier alpha value is -1.44. The average Bonchev–Trinajstić information content (AvgIpc) is 2.26. The molecule has 1 aromatic rings. The molecule has 80 valence electrons. The molecular weight excluding hydrogens is 184 g/mol. The summed E-state index contributed by atoms with van der Waals surface area (Å²) < 4.78 is 0. The van der Waals surface area contributed by atoms with Gasteiger partial charge in [0, 0.05) is 17.4 Å². The molecule has 0 heterocycles. The molecule has 0 saturated carbocycles. The molecule has 0 bridgehead atoms. The van der Waals surface area contributed by atoms with Crippen LogP contribution >= 0.6 is 0 Å². The summed E-state index contributed by atoms with van der Waals surface area (Å²) in [4.78, 5) is 0. The van der Waals surface area contributed by atoms with Crippen LogP contribution in [0, 0.1) is 6.92 Å². The minimum atomic E-state index is 0.565. The van der Waals surface area contributed by atoms with Crippen molar-refractivity contribution in [1.82, 2.24) is 0 Å². The summed E-state index contributed by atoms with van der Waals surface area (Å²) in [5.41, 5.74) is 9.07. The second-order valence-electron chi connectivity index (χ2n) is 4.15. The van der Waals surface area contributed by atoms with Crippen LogP contribution in [0.1, 0.15) is 24.8 Å². The van der Waals surface area contributed by atoms with Gasteiger partial charge in [0.05, 0.1) is 0 Å². The maximum atomic E-state index is 5.87. The van der Waals surface area contributed by atoms with Gasteiger partial charge in [-0.15, -0.1) is 0 Å². The topological polar surface area (TPSA) is 38.0 Å². The van der Waals surface area contributed by atoms with Crippen molar-refractivity contribution in [1.29, 1.82) is 0 Å². The zero-order valence-corrected chi connectivity index (χ0v) is 9.16. The number of hydrogen-bond donors (Lipinski definition) is 2. The van der Waals surface area contributed by atoms with Crippen molar-refractivity contribution in [2.45, 2.75) is 32.2 Å². The Morgan fingerprint density at radius 1 is 1.33 bits per heavy atom. The molecule has 1 aliphatic rings. The first-order valence-electron chi connectivity index (χ1n) is 5.54. The van der Waals surface area contributed by atoms with Crippen LogP contribution in [0.4, 0.5) is 11.4 Å². The van der Waals surface area contributed by atoms with E-state index in [1.807, 2.05) is 12.1 Å². The molecule has 2 heteroatoms. The van der Waals surface area contributed by atoms with E-state index < -0.39 is 0 Å². The van der Waals surface area contributed by atoms with Crippen LogP contribution in [-0.2, 0) is 0 Å². The van der Waals surface area contributed by atoms with Gasteiger partial charge >= 0.3 is 0 Å². The zero-order chi connectivity index (χ0) is 10.7. The van der Waals surface area contributed by atoms with Crippen molar-refractivity contribution < 1.29 is 0 Å². The predicted molar refractivity (Wildman–Crippen MR) is 66.0 cm³/mol. The predicted octanol–water partition coefficient (Wildman–Crippen LogP) is 3.10. The first-order chi connectivity index (χ1) is 7.27. The Morgan fingerprint density at radius 3 is 2.93 bits per heavy atom. The van der Waals surface area contributed by atoms with Gasteiger partial charge in [-0.3, -0.25) is 0 Å². The Balaban J connectivity index is 2.10. The van der Waals surface area contributed by atoms with Gasteiger partial charge in [0.2, 0.25) is 0 Å². The van der Waals surface area contributed by atoms with Gasteiger partial charge < -0.3 is 11.1 Å². The van der Waals surface area contributed by atoms with Gasteiger partial charge in [0.1, 0.15) is 0 Å². The van der Waals surface area contributed by atoms with Crippen molar-refractivity contribution in [2.75, 3.05) is 11.1 Å². The highest BCUT2D eigenvalue weighted by Gasteiger charge is 2.10. The zero-order valence-electron chi connectivity index (χ0n) is 9.16. The quantitative estimate of drug-likeness (QED) is 0.571. The van der Waals surface area contributed by atoms with E-state index in [9.17, 15) is 0 Å². The molecule has 3 N–H and O–H groups in total. The molecule has 2 rings (SSSR count). The van der Waals surface area contributed by atoms with Gasteiger partial charge in [0.15, 0.2) is 0 Å². The fourth-order valence-corrected chi connectivity index (χ4v) is 1.95. The first-order valence-corrected chi connectivity index (χ1v) is 5.54. The fourth-order valence-electron chi connectivity index (χ4n) is 1.95. The smallest absolute Gasteiger partial charge is 0.0392 e. The third-order valence-corrected chi connectivity index (χ3v) is 3.00. The minimum absolute atomic E-state index is 0.565. The molecule has 0 fully saturated rings. The molecule has 0 amide bonds. The summed E-state index contributed by atoms with van der Waals surface area (Å²) in [6, 6.07) is 6.62. The van der Waals surface area contributed by atoms with Crippen LogP contribution in [0.15, 0.2) is 30.4 Å². The number of hydrogen-bond acceptors (Lipinski definition) is 2.